The number of carbonyl (C=O) groups is 1. The van der Waals surface area contributed by atoms with Crippen molar-refractivity contribution >= 4 is 34.0 Å². The maximum Gasteiger partial charge on any atom is 0.223 e. The third kappa shape index (κ3) is 2.81. The quantitative estimate of drug-likeness (QED) is 0.907. The number of benzene rings is 1. The molecule has 3 nitrogen and oxygen atoms in total. The average molecular weight is 271 g/mol. The van der Waals surface area contributed by atoms with Crippen LogP contribution >= 0.6 is 22.9 Å². The molecule has 1 N–H and O–H groups in total. The number of nitrogens with zero attached hydrogens (tertiary/aromatic N) is 1. The number of anilines is 1. The van der Waals surface area contributed by atoms with E-state index in [4.69, 9.17) is 11.6 Å². The lowest BCUT2D eigenvalue weighted by atomic mass is 10.2. The first-order valence-electron chi connectivity index (χ1n) is 4.75. The molecule has 1 aromatic carbocycles. The molecule has 17 heavy (non-hydrogen) atoms. The number of nitrogens with one attached hydrogen (secondary N) is 1. The standard InChI is InChI=1S/C11H8ClFN2OS/c1-6(16)14-11-15-10(5-17-11)7-2-3-9(13)8(12)4-7/h2-5H,1H3,(H,14,15,16). The van der Waals surface area contributed by atoms with Gasteiger partial charge in [0, 0.05) is 17.9 Å². The van der Waals surface area contributed by atoms with Gasteiger partial charge < -0.3 is 5.32 Å². The molecule has 0 saturated heterocycles. The minimum atomic E-state index is -0.465. The van der Waals surface area contributed by atoms with E-state index in [9.17, 15) is 9.18 Å². The highest BCUT2D eigenvalue weighted by Crippen LogP contribution is 2.27. The Hall–Kier alpha value is -1.46. The van der Waals surface area contributed by atoms with Gasteiger partial charge in [-0.2, -0.15) is 0 Å². The molecule has 0 radical (unpaired) electrons. The van der Waals surface area contributed by atoms with Crippen LogP contribution in [-0.4, -0.2) is 10.9 Å². The molecule has 0 fully saturated rings. The van der Waals surface area contributed by atoms with Crippen molar-refractivity contribution in [2.75, 3.05) is 5.32 Å². The second-order valence-corrected chi connectivity index (χ2v) is 4.61. The molecule has 0 unspecified atom stereocenters. The lowest BCUT2D eigenvalue weighted by Crippen LogP contribution is -2.04. The maximum absolute atomic E-state index is 13.0. The minimum absolute atomic E-state index is 0.0524. The fraction of sp³-hybridized carbons (Fsp3) is 0.0909. The molecular formula is C11H8ClFN2OS. The van der Waals surface area contributed by atoms with Gasteiger partial charge in [-0.05, 0) is 18.2 Å². The lowest BCUT2D eigenvalue weighted by Gasteiger charge is -1.98. The molecule has 1 amide bonds. The molecule has 6 heteroatoms. The summed E-state index contributed by atoms with van der Waals surface area (Å²) in [5.41, 5.74) is 1.37. The van der Waals surface area contributed by atoms with Gasteiger partial charge >= 0.3 is 0 Å². The Morgan fingerprint density at radius 3 is 2.94 bits per heavy atom. The molecule has 0 aliphatic heterocycles. The van der Waals surface area contributed by atoms with Gasteiger partial charge in [-0.1, -0.05) is 11.6 Å². The SMILES string of the molecule is CC(=O)Nc1nc(-c2ccc(F)c(Cl)c2)cs1. The number of amides is 1. The van der Waals surface area contributed by atoms with Gasteiger partial charge in [0.25, 0.3) is 0 Å². The van der Waals surface area contributed by atoms with Crippen molar-refractivity contribution in [3.05, 3.63) is 34.4 Å². The highest BCUT2D eigenvalue weighted by atomic mass is 35.5. The number of halogens is 2. The van der Waals surface area contributed by atoms with E-state index in [1.54, 1.807) is 11.4 Å². The van der Waals surface area contributed by atoms with Crippen LogP contribution in [0.4, 0.5) is 9.52 Å². The summed E-state index contributed by atoms with van der Waals surface area (Å²) < 4.78 is 13.0. The van der Waals surface area contributed by atoms with Crippen molar-refractivity contribution in [1.29, 1.82) is 0 Å². The van der Waals surface area contributed by atoms with Crippen LogP contribution in [-0.2, 0) is 4.79 Å². The van der Waals surface area contributed by atoms with Gasteiger partial charge in [0.15, 0.2) is 5.13 Å². The molecule has 0 atom stereocenters. The Bertz CT molecular complexity index is 570. The fourth-order valence-electron chi connectivity index (χ4n) is 1.27. The number of thiazole rings is 1. The van der Waals surface area contributed by atoms with Crippen molar-refractivity contribution in [1.82, 2.24) is 4.98 Å². The van der Waals surface area contributed by atoms with E-state index in [0.717, 1.165) is 0 Å². The molecule has 2 aromatic rings. The maximum atomic E-state index is 13.0. The summed E-state index contributed by atoms with van der Waals surface area (Å²) in [6.45, 7) is 1.41. The first kappa shape index (κ1) is 12.0. The third-order valence-electron chi connectivity index (χ3n) is 2.00. The molecule has 0 saturated carbocycles. The Morgan fingerprint density at radius 1 is 1.53 bits per heavy atom. The molecule has 0 aliphatic carbocycles. The van der Waals surface area contributed by atoms with Crippen LogP contribution in [0.3, 0.4) is 0 Å². The first-order valence-corrected chi connectivity index (χ1v) is 6.00. The molecule has 0 spiro atoms. The molecule has 88 valence electrons. The van der Waals surface area contributed by atoms with E-state index < -0.39 is 5.82 Å². The molecule has 0 bridgehead atoms. The Balaban J connectivity index is 2.30. The smallest absolute Gasteiger partial charge is 0.223 e. The number of hydrogen-bond acceptors (Lipinski definition) is 3. The van der Waals surface area contributed by atoms with E-state index in [2.05, 4.69) is 10.3 Å². The van der Waals surface area contributed by atoms with Crippen LogP contribution in [0.15, 0.2) is 23.6 Å². The summed E-state index contributed by atoms with van der Waals surface area (Å²) >= 11 is 6.99. The Morgan fingerprint density at radius 2 is 2.29 bits per heavy atom. The summed E-state index contributed by atoms with van der Waals surface area (Å²) in [7, 11) is 0. The lowest BCUT2D eigenvalue weighted by molar-refractivity contribution is -0.114. The zero-order valence-corrected chi connectivity index (χ0v) is 10.4. The van der Waals surface area contributed by atoms with Gasteiger partial charge in [0.2, 0.25) is 5.91 Å². The second-order valence-electron chi connectivity index (χ2n) is 3.35. The summed E-state index contributed by atoms with van der Waals surface area (Å²) in [4.78, 5) is 15.0. The number of rotatable bonds is 2. The van der Waals surface area contributed by atoms with Crippen molar-refractivity contribution in [3.63, 3.8) is 0 Å². The first-order chi connectivity index (χ1) is 8.06. The monoisotopic (exact) mass is 270 g/mol. The van der Waals surface area contributed by atoms with Crippen molar-refractivity contribution in [2.45, 2.75) is 6.92 Å². The highest BCUT2D eigenvalue weighted by molar-refractivity contribution is 7.14. The summed E-state index contributed by atoms with van der Waals surface area (Å²) in [5, 5.41) is 4.91. The summed E-state index contributed by atoms with van der Waals surface area (Å²) in [5.74, 6) is -0.643. The Labute approximate surface area is 106 Å². The van der Waals surface area contributed by atoms with Crippen molar-refractivity contribution in [3.8, 4) is 11.3 Å². The fourth-order valence-corrected chi connectivity index (χ4v) is 2.22. The molecule has 1 aromatic heterocycles. The van der Waals surface area contributed by atoms with E-state index in [1.807, 2.05) is 0 Å². The molecule has 2 rings (SSSR count). The number of aromatic nitrogens is 1. The average Bonchev–Trinajstić information content (AvgIpc) is 2.69. The zero-order valence-electron chi connectivity index (χ0n) is 8.83. The molecule has 1 heterocycles. The van der Waals surface area contributed by atoms with Crippen LogP contribution in [0.1, 0.15) is 6.92 Å². The van der Waals surface area contributed by atoms with E-state index in [-0.39, 0.29) is 10.9 Å². The van der Waals surface area contributed by atoms with Crippen molar-refractivity contribution < 1.29 is 9.18 Å². The highest BCUT2D eigenvalue weighted by Gasteiger charge is 2.07. The van der Waals surface area contributed by atoms with Gasteiger partial charge in [-0.3, -0.25) is 4.79 Å². The molecule has 0 aliphatic rings. The topological polar surface area (TPSA) is 42.0 Å². The van der Waals surface area contributed by atoms with Gasteiger partial charge in [-0.15, -0.1) is 11.3 Å². The Kier molecular flexibility index (Phi) is 3.40. The van der Waals surface area contributed by atoms with Gasteiger partial charge in [0.1, 0.15) is 5.82 Å². The van der Waals surface area contributed by atoms with Crippen LogP contribution < -0.4 is 5.32 Å². The summed E-state index contributed by atoms with van der Waals surface area (Å²) in [6.07, 6.45) is 0. The predicted octanol–water partition coefficient (Wildman–Crippen LogP) is 3.56. The summed E-state index contributed by atoms with van der Waals surface area (Å²) in [6, 6.07) is 4.38. The van der Waals surface area contributed by atoms with E-state index in [0.29, 0.717) is 16.4 Å². The molecular weight excluding hydrogens is 263 g/mol. The van der Waals surface area contributed by atoms with E-state index >= 15 is 0 Å². The van der Waals surface area contributed by atoms with E-state index in [1.165, 1.54) is 30.4 Å². The van der Waals surface area contributed by atoms with Gasteiger partial charge in [-0.25, -0.2) is 9.37 Å². The number of hydrogen-bond donors (Lipinski definition) is 1. The van der Waals surface area contributed by atoms with Crippen LogP contribution in [0, 0.1) is 5.82 Å². The predicted molar refractivity (Wildman–Crippen MR) is 66.8 cm³/mol. The third-order valence-corrected chi connectivity index (χ3v) is 3.05. The largest absolute Gasteiger partial charge is 0.302 e. The second kappa shape index (κ2) is 4.81. The van der Waals surface area contributed by atoms with Crippen molar-refractivity contribution in [2.24, 2.45) is 0 Å². The zero-order chi connectivity index (χ0) is 12.4. The minimum Gasteiger partial charge on any atom is -0.302 e. The van der Waals surface area contributed by atoms with Crippen LogP contribution in [0.25, 0.3) is 11.3 Å². The van der Waals surface area contributed by atoms with Crippen LogP contribution in [0.5, 0.6) is 0 Å². The normalized spacial score (nSPS) is 10.3. The van der Waals surface area contributed by atoms with Crippen LogP contribution in [0.2, 0.25) is 5.02 Å². The van der Waals surface area contributed by atoms with Gasteiger partial charge in [0.05, 0.1) is 10.7 Å². The number of carbonyl (C=O) groups excluding carboxylic acids is 1.